The normalized spacial score (nSPS) is 17.6. The van der Waals surface area contributed by atoms with Gasteiger partial charge in [-0.1, -0.05) is 12.8 Å². The number of hydrogen-bond donors (Lipinski definition) is 2. The zero-order valence-electron chi connectivity index (χ0n) is 17.0. The predicted octanol–water partition coefficient (Wildman–Crippen LogP) is 3.51. The van der Waals surface area contributed by atoms with Crippen LogP contribution in [0.3, 0.4) is 0 Å². The molecular weight excluding hydrogens is 354 g/mol. The van der Waals surface area contributed by atoms with Gasteiger partial charge in [-0.3, -0.25) is 9.13 Å². The van der Waals surface area contributed by atoms with Crippen molar-refractivity contribution in [2.24, 2.45) is 0 Å². The fourth-order valence-corrected chi connectivity index (χ4v) is 4.69. The van der Waals surface area contributed by atoms with Gasteiger partial charge in [0.1, 0.15) is 0 Å². The molecular formula is C21H31N5O2. The van der Waals surface area contributed by atoms with E-state index < -0.39 is 0 Å². The maximum atomic E-state index is 12.8. The summed E-state index contributed by atoms with van der Waals surface area (Å²) < 4.78 is 3.60. The van der Waals surface area contributed by atoms with E-state index in [2.05, 4.69) is 21.6 Å². The van der Waals surface area contributed by atoms with Gasteiger partial charge in [-0.05, 0) is 51.7 Å². The van der Waals surface area contributed by atoms with E-state index in [1.807, 2.05) is 24.5 Å². The monoisotopic (exact) mass is 385 g/mol. The summed E-state index contributed by atoms with van der Waals surface area (Å²) in [5.41, 5.74) is 3.65. The molecule has 1 saturated carbocycles. The lowest BCUT2D eigenvalue weighted by atomic mass is 10.2. The topological polar surface area (TPSA) is 71.3 Å². The standard InChI is InChI=1S/C21H31N5O2/c1-3-25-18-13-16(23-20(27)22-15-9-5-6-10-15)17(24-11-7-8-12-24)14-19(18)26(4-2)21(25)28/h13-15H,3-12H2,1-2H3,(H2,22,23,27). The molecule has 1 saturated heterocycles. The number of hydrogen-bond acceptors (Lipinski definition) is 3. The van der Waals surface area contributed by atoms with Crippen molar-refractivity contribution in [2.45, 2.75) is 71.5 Å². The van der Waals surface area contributed by atoms with Crippen LogP contribution in [0.25, 0.3) is 11.0 Å². The first kappa shape index (κ1) is 18.9. The van der Waals surface area contributed by atoms with E-state index in [1.54, 1.807) is 4.57 Å². The lowest BCUT2D eigenvalue weighted by Gasteiger charge is -2.23. The first-order valence-electron chi connectivity index (χ1n) is 10.7. The molecule has 2 N–H and O–H groups in total. The van der Waals surface area contributed by atoms with Crippen LogP contribution in [0.4, 0.5) is 16.2 Å². The van der Waals surface area contributed by atoms with Gasteiger partial charge < -0.3 is 15.5 Å². The highest BCUT2D eigenvalue weighted by Crippen LogP contribution is 2.33. The van der Waals surface area contributed by atoms with E-state index in [0.29, 0.717) is 13.1 Å². The average molecular weight is 386 g/mol. The molecule has 28 heavy (non-hydrogen) atoms. The summed E-state index contributed by atoms with van der Waals surface area (Å²) in [6.45, 7) is 7.19. The van der Waals surface area contributed by atoms with Crippen LogP contribution >= 0.6 is 0 Å². The minimum Gasteiger partial charge on any atom is -0.370 e. The number of amides is 2. The van der Waals surface area contributed by atoms with Gasteiger partial charge in [0, 0.05) is 32.2 Å². The molecule has 1 aromatic heterocycles. The maximum absolute atomic E-state index is 12.8. The van der Waals surface area contributed by atoms with Crippen molar-refractivity contribution >= 4 is 28.4 Å². The van der Waals surface area contributed by atoms with Gasteiger partial charge in [0.15, 0.2) is 0 Å². The Morgan fingerprint density at radius 1 is 1.00 bits per heavy atom. The highest BCUT2D eigenvalue weighted by molar-refractivity contribution is 5.98. The van der Waals surface area contributed by atoms with Crippen molar-refractivity contribution in [3.8, 4) is 0 Å². The Morgan fingerprint density at radius 3 is 2.21 bits per heavy atom. The maximum Gasteiger partial charge on any atom is 0.329 e. The van der Waals surface area contributed by atoms with Gasteiger partial charge in [0.2, 0.25) is 0 Å². The quantitative estimate of drug-likeness (QED) is 0.827. The molecule has 2 aromatic rings. The molecule has 7 nitrogen and oxygen atoms in total. The fraction of sp³-hybridized carbons (Fsp3) is 0.619. The van der Waals surface area contributed by atoms with Crippen LogP contribution in [0.15, 0.2) is 16.9 Å². The largest absolute Gasteiger partial charge is 0.370 e. The van der Waals surface area contributed by atoms with Gasteiger partial charge in [-0.2, -0.15) is 0 Å². The summed E-state index contributed by atoms with van der Waals surface area (Å²) in [6, 6.07) is 4.19. The highest BCUT2D eigenvalue weighted by atomic mass is 16.2. The van der Waals surface area contributed by atoms with Crippen LogP contribution < -0.4 is 21.2 Å². The van der Waals surface area contributed by atoms with E-state index >= 15 is 0 Å². The molecule has 2 aliphatic rings. The van der Waals surface area contributed by atoms with Gasteiger partial charge in [-0.15, -0.1) is 0 Å². The summed E-state index contributed by atoms with van der Waals surface area (Å²) in [5.74, 6) is 0. The minimum atomic E-state index is -0.146. The van der Waals surface area contributed by atoms with E-state index in [0.717, 1.165) is 61.2 Å². The highest BCUT2D eigenvalue weighted by Gasteiger charge is 2.23. The summed E-state index contributed by atoms with van der Waals surface area (Å²) in [5, 5.41) is 6.20. The van der Waals surface area contributed by atoms with E-state index in [9.17, 15) is 9.59 Å². The van der Waals surface area contributed by atoms with Crippen molar-refractivity contribution in [3.63, 3.8) is 0 Å². The third kappa shape index (κ3) is 3.38. The summed E-state index contributed by atoms with van der Waals surface area (Å²) in [7, 11) is 0. The number of nitrogens with one attached hydrogen (secondary N) is 2. The Kier molecular flexibility index (Phi) is 5.33. The molecule has 0 unspecified atom stereocenters. The number of fused-ring (bicyclic) bond motifs is 1. The molecule has 1 aliphatic heterocycles. The van der Waals surface area contributed by atoms with Crippen LogP contribution in [0.5, 0.6) is 0 Å². The second-order valence-electron chi connectivity index (χ2n) is 7.90. The number of benzene rings is 1. The molecule has 152 valence electrons. The molecule has 0 spiro atoms. The fourth-order valence-electron chi connectivity index (χ4n) is 4.69. The number of anilines is 2. The first-order valence-corrected chi connectivity index (χ1v) is 10.7. The Morgan fingerprint density at radius 2 is 1.61 bits per heavy atom. The van der Waals surface area contributed by atoms with Crippen LogP contribution in [0.1, 0.15) is 52.4 Å². The number of carbonyl (C=O) groups excluding carboxylic acids is 1. The second kappa shape index (κ2) is 7.89. The van der Waals surface area contributed by atoms with E-state index in [4.69, 9.17) is 0 Å². The summed E-state index contributed by atoms with van der Waals surface area (Å²) in [6.07, 6.45) is 6.79. The third-order valence-electron chi connectivity index (χ3n) is 6.15. The van der Waals surface area contributed by atoms with E-state index in [1.165, 1.54) is 12.8 Å². The Labute approximate surface area is 165 Å². The van der Waals surface area contributed by atoms with Crippen molar-refractivity contribution in [3.05, 3.63) is 22.6 Å². The molecule has 1 aliphatic carbocycles. The molecule has 1 aromatic carbocycles. The SMILES string of the molecule is CCn1c(=O)n(CC)c2cc(N3CCCC3)c(NC(=O)NC3CCCC3)cc21. The Balaban J connectivity index is 1.74. The van der Waals surface area contributed by atoms with Crippen LogP contribution in [-0.4, -0.2) is 34.3 Å². The van der Waals surface area contributed by atoms with Crippen molar-refractivity contribution in [2.75, 3.05) is 23.3 Å². The van der Waals surface area contributed by atoms with Crippen molar-refractivity contribution < 1.29 is 4.79 Å². The third-order valence-corrected chi connectivity index (χ3v) is 6.15. The smallest absolute Gasteiger partial charge is 0.329 e. The number of aryl methyl sites for hydroxylation is 2. The van der Waals surface area contributed by atoms with Crippen LogP contribution in [0, 0.1) is 0 Å². The number of rotatable bonds is 5. The Hall–Kier alpha value is -2.44. The molecule has 2 heterocycles. The van der Waals surface area contributed by atoms with Gasteiger partial charge >= 0.3 is 11.7 Å². The van der Waals surface area contributed by atoms with Crippen LogP contribution in [0.2, 0.25) is 0 Å². The molecule has 7 heteroatoms. The van der Waals surface area contributed by atoms with Crippen LogP contribution in [-0.2, 0) is 13.1 Å². The molecule has 2 amide bonds. The van der Waals surface area contributed by atoms with Crippen molar-refractivity contribution in [1.29, 1.82) is 0 Å². The van der Waals surface area contributed by atoms with Gasteiger partial charge in [0.05, 0.1) is 22.4 Å². The number of carbonyl (C=O) groups is 1. The molecule has 0 bridgehead atoms. The van der Waals surface area contributed by atoms with Gasteiger partial charge in [-0.25, -0.2) is 9.59 Å². The summed E-state index contributed by atoms with van der Waals surface area (Å²) >= 11 is 0. The molecule has 0 radical (unpaired) electrons. The summed E-state index contributed by atoms with van der Waals surface area (Å²) in [4.78, 5) is 27.7. The minimum absolute atomic E-state index is 0.0138. The Bertz CT molecular complexity index is 917. The van der Waals surface area contributed by atoms with Crippen molar-refractivity contribution in [1.82, 2.24) is 14.5 Å². The number of imidazole rings is 1. The number of urea groups is 1. The molecule has 2 fully saturated rings. The zero-order valence-corrected chi connectivity index (χ0v) is 17.0. The van der Waals surface area contributed by atoms with Gasteiger partial charge in [0.25, 0.3) is 0 Å². The number of aromatic nitrogens is 2. The number of nitrogens with zero attached hydrogens (tertiary/aromatic N) is 3. The zero-order chi connectivity index (χ0) is 19.7. The van der Waals surface area contributed by atoms with E-state index in [-0.39, 0.29) is 17.8 Å². The molecule has 4 rings (SSSR count). The first-order chi connectivity index (χ1) is 13.6. The lowest BCUT2D eigenvalue weighted by molar-refractivity contribution is 0.248. The lowest BCUT2D eigenvalue weighted by Crippen LogP contribution is -2.36. The predicted molar refractivity (Wildman–Crippen MR) is 113 cm³/mol. The molecule has 0 atom stereocenters. The second-order valence-corrected chi connectivity index (χ2v) is 7.90. The average Bonchev–Trinajstić information content (AvgIpc) is 3.41.